The Labute approximate surface area is 138 Å². The van der Waals surface area contributed by atoms with Gasteiger partial charge < -0.3 is 10.1 Å². The highest BCUT2D eigenvalue weighted by Gasteiger charge is 2.13. The molecule has 2 rings (SSSR count). The van der Waals surface area contributed by atoms with Gasteiger partial charge in [-0.05, 0) is 49.9 Å². The zero-order valence-corrected chi connectivity index (χ0v) is 14.3. The molecule has 0 saturated heterocycles. The van der Waals surface area contributed by atoms with Crippen molar-refractivity contribution >= 4 is 5.97 Å². The number of carbonyl (C=O) groups excluding carboxylic acids is 1. The summed E-state index contributed by atoms with van der Waals surface area (Å²) in [5.41, 5.74) is 3.51. The Kier molecular flexibility index (Phi) is 5.94. The molecule has 0 bridgehead atoms. The van der Waals surface area contributed by atoms with Gasteiger partial charge in [0.05, 0.1) is 0 Å². The van der Waals surface area contributed by atoms with Gasteiger partial charge in [0, 0.05) is 19.0 Å². The normalized spacial score (nSPS) is 13.4. The summed E-state index contributed by atoms with van der Waals surface area (Å²) < 4.78 is 5.26. The molecule has 0 amide bonds. The molecule has 0 aliphatic heterocycles. The first-order valence-electron chi connectivity index (χ1n) is 8.05. The van der Waals surface area contributed by atoms with Crippen molar-refractivity contribution < 1.29 is 9.53 Å². The van der Waals surface area contributed by atoms with Crippen LogP contribution in [-0.2, 0) is 11.2 Å². The maximum Gasteiger partial charge on any atom is 0.308 e. The fourth-order valence-electron chi connectivity index (χ4n) is 2.80. The standard InChI is InChI=1S/C20H25NO2/c1-14(21-16(3)18-9-6-5-7-10-18)13-19-11-8-12-20(15(19)2)23-17(4)22/h5-12,14,16,21H,13H2,1-4H3/t14-,16-/m1/s1. The minimum absolute atomic E-state index is 0.283. The maximum absolute atomic E-state index is 11.2. The molecular formula is C20H25NO2. The van der Waals surface area contributed by atoms with Gasteiger partial charge >= 0.3 is 5.97 Å². The Morgan fingerprint density at radius 3 is 2.43 bits per heavy atom. The number of nitrogens with one attached hydrogen (secondary N) is 1. The lowest BCUT2D eigenvalue weighted by atomic mass is 10.00. The fraction of sp³-hybridized carbons (Fsp3) is 0.350. The topological polar surface area (TPSA) is 38.3 Å². The minimum atomic E-state index is -0.283. The van der Waals surface area contributed by atoms with Crippen LogP contribution in [0.5, 0.6) is 5.75 Å². The lowest BCUT2D eigenvalue weighted by molar-refractivity contribution is -0.131. The predicted molar refractivity (Wildman–Crippen MR) is 93.6 cm³/mol. The molecule has 0 aromatic heterocycles. The van der Waals surface area contributed by atoms with Crippen molar-refractivity contribution in [3.05, 3.63) is 65.2 Å². The summed E-state index contributed by atoms with van der Waals surface area (Å²) >= 11 is 0. The van der Waals surface area contributed by atoms with Crippen molar-refractivity contribution in [3.63, 3.8) is 0 Å². The Morgan fingerprint density at radius 2 is 1.78 bits per heavy atom. The lowest BCUT2D eigenvalue weighted by Crippen LogP contribution is -2.31. The van der Waals surface area contributed by atoms with E-state index in [1.807, 2.05) is 25.1 Å². The van der Waals surface area contributed by atoms with Crippen LogP contribution < -0.4 is 10.1 Å². The SMILES string of the molecule is CC(=O)Oc1cccc(C[C@@H](C)N[C@H](C)c2ccccc2)c1C. The summed E-state index contributed by atoms with van der Waals surface area (Å²) in [4.78, 5) is 11.2. The number of ether oxygens (including phenoxy) is 1. The molecular weight excluding hydrogens is 286 g/mol. The van der Waals surface area contributed by atoms with Crippen LogP contribution in [0.1, 0.15) is 43.5 Å². The molecule has 2 aromatic carbocycles. The van der Waals surface area contributed by atoms with Crippen LogP contribution in [0.2, 0.25) is 0 Å². The summed E-state index contributed by atoms with van der Waals surface area (Å²) in [6.07, 6.45) is 0.887. The Morgan fingerprint density at radius 1 is 1.09 bits per heavy atom. The Bertz CT molecular complexity index is 652. The van der Waals surface area contributed by atoms with Crippen molar-refractivity contribution in [3.8, 4) is 5.75 Å². The van der Waals surface area contributed by atoms with E-state index in [0.29, 0.717) is 17.8 Å². The van der Waals surface area contributed by atoms with Crippen molar-refractivity contribution in [1.29, 1.82) is 0 Å². The monoisotopic (exact) mass is 311 g/mol. The number of hydrogen-bond donors (Lipinski definition) is 1. The first-order valence-corrected chi connectivity index (χ1v) is 8.05. The summed E-state index contributed by atoms with van der Waals surface area (Å²) in [5, 5.41) is 3.62. The molecule has 3 nitrogen and oxygen atoms in total. The highest BCUT2D eigenvalue weighted by molar-refractivity contribution is 5.70. The van der Waals surface area contributed by atoms with E-state index in [9.17, 15) is 4.79 Å². The predicted octanol–water partition coefficient (Wildman–Crippen LogP) is 4.20. The van der Waals surface area contributed by atoms with E-state index in [4.69, 9.17) is 4.74 Å². The second-order valence-corrected chi connectivity index (χ2v) is 6.04. The molecule has 2 aromatic rings. The third-order valence-corrected chi connectivity index (χ3v) is 4.01. The van der Waals surface area contributed by atoms with Gasteiger partial charge in [-0.2, -0.15) is 0 Å². The zero-order valence-electron chi connectivity index (χ0n) is 14.3. The van der Waals surface area contributed by atoms with Gasteiger partial charge in [0.1, 0.15) is 5.75 Å². The molecule has 0 fully saturated rings. The van der Waals surface area contributed by atoms with Crippen LogP contribution >= 0.6 is 0 Å². The molecule has 122 valence electrons. The van der Waals surface area contributed by atoms with Crippen molar-refractivity contribution in [2.45, 2.75) is 46.2 Å². The largest absolute Gasteiger partial charge is 0.426 e. The molecule has 3 heteroatoms. The van der Waals surface area contributed by atoms with Crippen LogP contribution in [0.3, 0.4) is 0 Å². The van der Waals surface area contributed by atoms with Gasteiger partial charge in [-0.1, -0.05) is 42.5 Å². The summed E-state index contributed by atoms with van der Waals surface area (Å²) in [7, 11) is 0. The molecule has 0 radical (unpaired) electrons. The molecule has 0 spiro atoms. The minimum Gasteiger partial charge on any atom is -0.426 e. The second kappa shape index (κ2) is 7.93. The number of hydrogen-bond acceptors (Lipinski definition) is 3. The molecule has 0 unspecified atom stereocenters. The molecule has 0 aliphatic rings. The maximum atomic E-state index is 11.2. The van der Waals surface area contributed by atoms with Crippen LogP contribution in [0, 0.1) is 6.92 Å². The summed E-state index contributed by atoms with van der Waals surface area (Å²) in [6.45, 7) is 7.78. The van der Waals surface area contributed by atoms with Crippen LogP contribution in [-0.4, -0.2) is 12.0 Å². The third kappa shape index (κ3) is 4.93. The number of carbonyl (C=O) groups is 1. The van der Waals surface area contributed by atoms with Crippen molar-refractivity contribution in [2.75, 3.05) is 0 Å². The molecule has 0 aliphatic carbocycles. The molecule has 23 heavy (non-hydrogen) atoms. The van der Waals surface area contributed by atoms with Crippen molar-refractivity contribution in [1.82, 2.24) is 5.32 Å². The Hall–Kier alpha value is -2.13. The summed E-state index contributed by atoms with van der Waals surface area (Å²) in [5.74, 6) is 0.368. The number of esters is 1. The van der Waals surface area contributed by atoms with E-state index in [1.54, 1.807) is 0 Å². The molecule has 0 heterocycles. The second-order valence-electron chi connectivity index (χ2n) is 6.04. The lowest BCUT2D eigenvalue weighted by Gasteiger charge is -2.21. The van der Waals surface area contributed by atoms with E-state index >= 15 is 0 Å². The van der Waals surface area contributed by atoms with Crippen molar-refractivity contribution in [2.24, 2.45) is 0 Å². The average molecular weight is 311 g/mol. The van der Waals surface area contributed by atoms with Gasteiger partial charge in [0.25, 0.3) is 0 Å². The Balaban J connectivity index is 2.03. The van der Waals surface area contributed by atoms with E-state index in [2.05, 4.69) is 49.5 Å². The van der Waals surface area contributed by atoms with Gasteiger partial charge in [-0.25, -0.2) is 0 Å². The van der Waals surface area contributed by atoms with Crippen LogP contribution in [0.15, 0.2) is 48.5 Å². The highest BCUT2D eigenvalue weighted by atomic mass is 16.5. The fourth-order valence-corrected chi connectivity index (χ4v) is 2.80. The van der Waals surface area contributed by atoms with E-state index in [1.165, 1.54) is 18.1 Å². The number of rotatable bonds is 6. The van der Waals surface area contributed by atoms with E-state index in [-0.39, 0.29) is 5.97 Å². The first kappa shape index (κ1) is 17.2. The zero-order chi connectivity index (χ0) is 16.8. The van der Waals surface area contributed by atoms with E-state index < -0.39 is 0 Å². The highest BCUT2D eigenvalue weighted by Crippen LogP contribution is 2.23. The smallest absolute Gasteiger partial charge is 0.308 e. The first-order chi connectivity index (χ1) is 11.0. The molecule has 2 atom stereocenters. The average Bonchev–Trinajstić information content (AvgIpc) is 2.51. The third-order valence-electron chi connectivity index (χ3n) is 4.01. The molecule has 0 saturated carbocycles. The van der Waals surface area contributed by atoms with Gasteiger partial charge in [-0.15, -0.1) is 0 Å². The van der Waals surface area contributed by atoms with Crippen LogP contribution in [0.25, 0.3) is 0 Å². The van der Waals surface area contributed by atoms with Gasteiger partial charge in [0.15, 0.2) is 0 Å². The van der Waals surface area contributed by atoms with Gasteiger partial charge in [-0.3, -0.25) is 4.79 Å². The molecule has 1 N–H and O–H groups in total. The summed E-state index contributed by atoms with van der Waals surface area (Å²) in [6, 6.07) is 16.9. The van der Waals surface area contributed by atoms with Crippen LogP contribution in [0.4, 0.5) is 0 Å². The quantitative estimate of drug-likeness (QED) is 0.642. The number of benzene rings is 2. The van der Waals surface area contributed by atoms with E-state index in [0.717, 1.165) is 12.0 Å². The van der Waals surface area contributed by atoms with Gasteiger partial charge in [0.2, 0.25) is 0 Å².